The van der Waals surface area contributed by atoms with Gasteiger partial charge in [-0.3, -0.25) is 0 Å². The zero-order valence-electron chi connectivity index (χ0n) is 24.5. The van der Waals surface area contributed by atoms with Gasteiger partial charge in [-0.2, -0.15) is 0 Å². The van der Waals surface area contributed by atoms with Gasteiger partial charge in [-0.1, -0.05) is 53.7 Å². The van der Waals surface area contributed by atoms with Gasteiger partial charge in [0.1, 0.15) is 34.5 Å². The fraction of sp³-hybridized carbons (Fsp3) is 0.419. The third kappa shape index (κ3) is 5.66. The maximum Gasteiger partial charge on any atom is 0.134 e. The zero-order chi connectivity index (χ0) is 28.4. The first-order valence-corrected chi connectivity index (χ1v) is 13.9. The standard InChI is InChI=1S/C31H41O6P/c1-30(2,3)19-15-21(31(4,5)6)27(32)26(16-19)38(28-22(34-8)13-12-14-23(28)35-9)29-24(36-10)17-20(33-7)18-25(29)37-11/h12-18,32H,1-11H3. The molecule has 0 radical (unpaired) electrons. The topological polar surface area (TPSA) is 66.4 Å². The van der Waals surface area contributed by atoms with Gasteiger partial charge < -0.3 is 28.8 Å². The molecule has 0 heterocycles. The first kappa shape index (κ1) is 29.4. The molecule has 0 bridgehead atoms. The third-order valence-electron chi connectivity index (χ3n) is 6.54. The quantitative estimate of drug-likeness (QED) is 0.365. The lowest BCUT2D eigenvalue weighted by molar-refractivity contribution is 0.380. The SMILES string of the molecule is COc1cc(OC)c(P(c2cc(C(C)(C)C)cc(C(C)(C)C)c2O)c2c(OC)cccc2OC)c(OC)c1. The molecule has 0 saturated carbocycles. The largest absolute Gasteiger partial charge is 0.507 e. The molecular formula is C31H41O6P. The second kappa shape index (κ2) is 11.3. The molecule has 7 heteroatoms. The van der Waals surface area contributed by atoms with Crippen LogP contribution in [0.3, 0.4) is 0 Å². The molecular weight excluding hydrogens is 499 g/mol. The van der Waals surface area contributed by atoms with Gasteiger partial charge >= 0.3 is 0 Å². The van der Waals surface area contributed by atoms with Gasteiger partial charge in [-0.05, 0) is 34.6 Å². The molecule has 0 aliphatic rings. The number of benzene rings is 3. The van der Waals surface area contributed by atoms with E-state index in [0.29, 0.717) is 28.7 Å². The van der Waals surface area contributed by atoms with E-state index in [1.54, 1.807) is 35.5 Å². The smallest absolute Gasteiger partial charge is 0.134 e. The number of aromatic hydroxyl groups is 1. The van der Waals surface area contributed by atoms with E-state index in [-0.39, 0.29) is 16.6 Å². The summed E-state index contributed by atoms with van der Waals surface area (Å²) in [5, 5.41) is 14.4. The lowest BCUT2D eigenvalue weighted by atomic mass is 9.80. The number of ether oxygens (including phenoxy) is 5. The molecule has 0 aliphatic carbocycles. The van der Waals surface area contributed by atoms with Crippen LogP contribution in [-0.4, -0.2) is 40.7 Å². The van der Waals surface area contributed by atoms with E-state index in [2.05, 4.69) is 53.7 Å². The van der Waals surface area contributed by atoms with Crippen molar-refractivity contribution in [2.24, 2.45) is 0 Å². The third-order valence-corrected chi connectivity index (χ3v) is 9.14. The van der Waals surface area contributed by atoms with Crippen LogP contribution in [0.15, 0.2) is 42.5 Å². The summed E-state index contributed by atoms with van der Waals surface area (Å²) in [5.41, 5.74) is 1.51. The minimum absolute atomic E-state index is 0.164. The van der Waals surface area contributed by atoms with Crippen LogP contribution in [0.5, 0.6) is 34.5 Å². The molecule has 1 unspecified atom stereocenters. The summed E-state index contributed by atoms with van der Waals surface area (Å²) in [6.07, 6.45) is 0. The van der Waals surface area contributed by atoms with E-state index in [0.717, 1.165) is 27.0 Å². The van der Waals surface area contributed by atoms with Crippen molar-refractivity contribution >= 4 is 23.8 Å². The van der Waals surface area contributed by atoms with Crippen molar-refractivity contribution in [1.82, 2.24) is 0 Å². The Kier molecular flexibility index (Phi) is 8.78. The van der Waals surface area contributed by atoms with Gasteiger partial charge in [0.05, 0.1) is 46.2 Å². The van der Waals surface area contributed by atoms with Crippen LogP contribution in [-0.2, 0) is 10.8 Å². The number of methoxy groups -OCH3 is 5. The van der Waals surface area contributed by atoms with E-state index in [1.165, 1.54) is 0 Å². The summed E-state index contributed by atoms with van der Waals surface area (Å²) >= 11 is 0. The highest BCUT2D eigenvalue weighted by Gasteiger charge is 2.35. The highest BCUT2D eigenvalue weighted by molar-refractivity contribution is 7.80. The van der Waals surface area contributed by atoms with E-state index in [1.807, 2.05) is 30.3 Å². The van der Waals surface area contributed by atoms with Crippen molar-refractivity contribution in [1.29, 1.82) is 0 Å². The van der Waals surface area contributed by atoms with Crippen LogP contribution < -0.4 is 39.6 Å². The predicted octanol–water partition coefficient (Wildman–Crippen LogP) is 5.79. The molecule has 3 rings (SSSR count). The lowest BCUT2D eigenvalue weighted by Gasteiger charge is -2.32. The van der Waals surface area contributed by atoms with E-state index in [9.17, 15) is 5.11 Å². The van der Waals surface area contributed by atoms with Crippen LogP contribution >= 0.6 is 7.92 Å². The van der Waals surface area contributed by atoms with Gasteiger partial charge in [-0.25, -0.2) is 0 Å². The van der Waals surface area contributed by atoms with Crippen LogP contribution in [0.2, 0.25) is 0 Å². The number of rotatable bonds is 8. The molecule has 0 aromatic heterocycles. The summed E-state index contributed by atoms with van der Waals surface area (Å²) in [4.78, 5) is 0. The number of hydrogen-bond donors (Lipinski definition) is 1. The summed E-state index contributed by atoms with van der Waals surface area (Å²) in [6, 6.07) is 13.6. The minimum Gasteiger partial charge on any atom is -0.507 e. The summed E-state index contributed by atoms with van der Waals surface area (Å²) in [7, 11) is 6.60. The van der Waals surface area contributed by atoms with E-state index in [4.69, 9.17) is 23.7 Å². The Balaban J connectivity index is 2.62. The molecule has 0 spiro atoms. The second-order valence-corrected chi connectivity index (χ2v) is 13.2. The zero-order valence-corrected chi connectivity index (χ0v) is 25.4. The van der Waals surface area contributed by atoms with Crippen molar-refractivity contribution in [3.05, 3.63) is 53.6 Å². The molecule has 0 saturated heterocycles. The summed E-state index contributed by atoms with van der Waals surface area (Å²) in [6.45, 7) is 12.9. The fourth-order valence-corrected chi connectivity index (χ4v) is 7.24. The van der Waals surface area contributed by atoms with Crippen molar-refractivity contribution < 1.29 is 28.8 Å². The Morgan fingerprint density at radius 2 is 1.08 bits per heavy atom. The molecule has 0 amide bonds. The van der Waals surface area contributed by atoms with Gasteiger partial charge in [-0.15, -0.1) is 0 Å². The second-order valence-electron chi connectivity index (χ2n) is 11.1. The molecule has 0 aliphatic heterocycles. The van der Waals surface area contributed by atoms with Gasteiger partial charge in [0.25, 0.3) is 0 Å². The van der Waals surface area contributed by atoms with Crippen molar-refractivity contribution in [2.75, 3.05) is 35.5 Å². The van der Waals surface area contributed by atoms with Crippen LogP contribution in [0.1, 0.15) is 52.7 Å². The van der Waals surface area contributed by atoms with E-state index < -0.39 is 7.92 Å². The molecule has 38 heavy (non-hydrogen) atoms. The van der Waals surface area contributed by atoms with Crippen LogP contribution in [0, 0.1) is 0 Å². The van der Waals surface area contributed by atoms with Crippen molar-refractivity contribution in [2.45, 2.75) is 52.4 Å². The Morgan fingerprint density at radius 3 is 1.47 bits per heavy atom. The van der Waals surface area contributed by atoms with E-state index >= 15 is 0 Å². The normalized spacial score (nSPS) is 12.6. The summed E-state index contributed by atoms with van der Waals surface area (Å²) < 4.78 is 29.2. The van der Waals surface area contributed by atoms with Crippen LogP contribution in [0.25, 0.3) is 0 Å². The minimum atomic E-state index is -1.52. The Labute approximate surface area is 228 Å². The maximum absolute atomic E-state index is 12.0. The van der Waals surface area contributed by atoms with Gasteiger partial charge in [0.2, 0.25) is 0 Å². The van der Waals surface area contributed by atoms with Crippen molar-refractivity contribution in [3.8, 4) is 34.5 Å². The van der Waals surface area contributed by atoms with Gasteiger partial charge in [0, 0.05) is 30.9 Å². The number of phenols is 1. The lowest BCUT2D eigenvalue weighted by Crippen LogP contribution is -2.29. The fourth-order valence-electron chi connectivity index (χ4n) is 4.41. The first-order chi connectivity index (χ1) is 17.8. The van der Waals surface area contributed by atoms with Crippen LogP contribution in [0.4, 0.5) is 0 Å². The highest BCUT2D eigenvalue weighted by Crippen LogP contribution is 2.50. The average Bonchev–Trinajstić information content (AvgIpc) is 2.87. The Morgan fingerprint density at radius 1 is 0.605 bits per heavy atom. The highest BCUT2D eigenvalue weighted by atomic mass is 31.1. The molecule has 1 atom stereocenters. The predicted molar refractivity (Wildman–Crippen MR) is 157 cm³/mol. The number of phenolic OH excluding ortho intramolecular Hbond substituents is 1. The van der Waals surface area contributed by atoms with Crippen molar-refractivity contribution in [3.63, 3.8) is 0 Å². The molecule has 3 aromatic rings. The molecule has 0 fully saturated rings. The summed E-state index contributed by atoms with van der Waals surface area (Å²) in [5.74, 6) is 3.30. The Bertz CT molecular complexity index is 1240. The maximum atomic E-state index is 12.0. The number of hydrogen-bond acceptors (Lipinski definition) is 6. The molecule has 206 valence electrons. The average molecular weight is 541 g/mol. The molecule has 1 N–H and O–H groups in total. The molecule has 3 aromatic carbocycles. The monoisotopic (exact) mass is 540 g/mol. The van der Waals surface area contributed by atoms with Gasteiger partial charge in [0.15, 0.2) is 0 Å². The molecule has 6 nitrogen and oxygen atoms in total. The Hall–Kier alpha value is -3.11. The first-order valence-electron chi connectivity index (χ1n) is 12.5.